The number of carbonyl (C=O) groups excluding carboxylic acids is 8. The topological polar surface area (TPSA) is 255 Å². The number of amides is 4. The lowest BCUT2D eigenvalue weighted by atomic mass is 9.71. The van der Waals surface area contributed by atoms with Gasteiger partial charge in [0.05, 0.1) is 48.1 Å². The van der Waals surface area contributed by atoms with Gasteiger partial charge in [0.1, 0.15) is 22.9 Å². The molecule has 10 aromatic rings. The van der Waals surface area contributed by atoms with Crippen LogP contribution in [0.2, 0.25) is 0 Å². The van der Waals surface area contributed by atoms with Crippen LogP contribution in [-0.2, 0) is 54.5 Å². The van der Waals surface area contributed by atoms with Crippen molar-refractivity contribution >= 4 is 58.4 Å². The second kappa shape index (κ2) is 32.7. The summed E-state index contributed by atoms with van der Waals surface area (Å²) >= 11 is 0. The number of nitrogens with zero attached hydrogens (tertiary/aromatic N) is 10. The maximum Gasteiger partial charge on any atom is 0.416 e. The van der Waals surface area contributed by atoms with E-state index in [1.54, 1.807) is 131 Å². The summed E-state index contributed by atoms with van der Waals surface area (Å²) < 4.78 is 27.2. The molecule has 22 heteroatoms. The Kier molecular flexibility index (Phi) is 23.3. The number of Topliss-reactive ketones (excluding diaryl/α,β-unsaturated/α-hetero) is 4. The molecule has 0 fully saturated rings. The second-order valence-corrected chi connectivity index (χ2v) is 29.0. The first-order valence-corrected chi connectivity index (χ1v) is 35.9. The number of allylic oxidation sites excluding steroid dienone is 8. The first kappa shape index (κ1) is 76.9. The summed E-state index contributed by atoms with van der Waals surface area (Å²) in [6, 6.07) is 46.8. The highest BCUT2D eigenvalue weighted by atomic mass is 16.6. The predicted octanol–water partition coefficient (Wildman–Crippen LogP) is 14.6. The van der Waals surface area contributed by atoms with E-state index >= 15 is 0 Å². The predicted molar refractivity (Wildman–Crippen MR) is 410 cm³/mol. The van der Waals surface area contributed by atoms with Crippen LogP contribution in [0.25, 0.3) is 33.8 Å². The minimum Gasteiger partial charge on any atom is -0.469 e. The zero-order chi connectivity index (χ0) is 77.5. The molecule has 0 aliphatic heterocycles. The molecule has 12 rings (SSSR count). The van der Waals surface area contributed by atoms with Gasteiger partial charge in [0.15, 0.2) is 34.4 Å². The Morgan fingerprint density at radius 1 is 0.389 bits per heavy atom. The van der Waals surface area contributed by atoms with E-state index in [1.807, 2.05) is 146 Å². The van der Waals surface area contributed by atoms with Crippen LogP contribution in [0.1, 0.15) is 128 Å². The van der Waals surface area contributed by atoms with Crippen LogP contribution >= 0.6 is 0 Å². The molecular weight excluding hydrogens is 1370 g/mol. The fourth-order valence-electron chi connectivity index (χ4n) is 13.6. The van der Waals surface area contributed by atoms with Gasteiger partial charge in [-0.05, 0) is 76.9 Å². The van der Waals surface area contributed by atoms with Crippen LogP contribution in [0, 0.1) is 10.8 Å². The van der Waals surface area contributed by atoms with Crippen LogP contribution in [0.5, 0.6) is 11.8 Å². The summed E-state index contributed by atoms with van der Waals surface area (Å²) in [5.74, 6) is 0.598. The van der Waals surface area contributed by atoms with E-state index in [0.717, 1.165) is 22.3 Å². The number of ketones is 4. The number of rotatable bonds is 24. The van der Waals surface area contributed by atoms with Gasteiger partial charge in [-0.3, -0.25) is 37.6 Å². The number of hydrogen-bond acceptors (Lipinski definition) is 16. The van der Waals surface area contributed by atoms with Crippen LogP contribution in [0.3, 0.4) is 0 Å². The molecule has 4 aromatic carbocycles. The Hall–Kier alpha value is -12.2. The number of benzene rings is 4. The molecule has 6 aromatic heterocycles. The quantitative estimate of drug-likeness (QED) is 0.0510. The number of ether oxygens (including phenoxy) is 2. The van der Waals surface area contributed by atoms with E-state index in [-0.39, 0.29) is 98.6 Å². The van der Waals surface area contributed by atoms with Crippen molar-refractivity contribution in [2.75, 3.05) is 54.4 Å². The molecule has 556 valence electrons. The average Bonchev–Trinajstić information content (AvgIpc) is 1.52. The lowest BCUT2D eigenvalue weighted by Crippen LogP contribution is -2.40. The monoisotopic (exact) mass is 1450 g/mol. The van der Waals surface area contributed by atoms with E-state index in [1.165, 1.54) is 19.6 Å². The molecule has 0 atom stereocenters. The lowest BCUT2D eigenvalue weighted by Gasteiger charge is -2.33. The highest BCUT2D eigenvalue weighted by molar-refractivity contribution is 6.26. The van der Waals surface area contributed by atoms with Gasteiger partial charge < -0.3 is 37.9 Å². The van der Waals surface area contributed by atoms with E-state index < -0.39 is 23.0 Å². The molecule has 0 radical (unpaired) electrons. The summed E-state index contributed by atoms with van der Waals surface area (Å²) in [6.07, 6.45) is 7.14. The van der Waals surface area contributed by atoms with Gasteiger partial charge in [-0.25, -0.2) is 29.5 Å². The zero-order valence-corrected chi connectivity index (χ0v) is 63.6. The highest BCUT2D eigenvalue weighted by Gasteiger charge is 2.41. The van der Waals surface area contributed by atoms with Gasteiger partial charge in [0, 0.05) is 159 Å². The van der Waals surface area contributed by atoms with E-state index in [9.17, 15) is 38.4 Å². The number of hydrogen-bond donors (Lipinski definition) is 0. The molecule has 0 saturated carbocycles. The fraction of sp³-hybridized carbons (Fsp3) is 0.302. The molecule has 0 saturated heterocycles. The maximum absolute atomic E-state index is 13.8. The molecule has 0 bridgehead atoms. The highest BCUT2D eigenvalue weighted by Crippen LogP contribution is 2.42. The molecular formula is C86H90N10O12. The number of aromatic nitrogens is 6. The summed E-state index contributed by atoms with van der Waals surface area (Å²) in [4.78, 5) is 132. The molecule has 0 spiro atoms. The van der Waals surface area contributed by atoms with Crippen molar-refractivity contribution in [2.24, 2.45) is 10.8 Å². The smallest absolute Gasteiger partial charge is 0.416 e. The second-order valence-electron chi connectivity index (χ2n) is 29.0. The van der Waals surface area contributed by atoms with Gasteiger partial charge >= 0.3 is 12.2 Å². The number of fused-ring (bicyclic) bond motifs is 2. The minimum absolute atomic E-state index is 0.0106. The van der Waals surface area contributed by atoms with Crippen LogP contribution in [0.4, 0.5) is 9.59 Å². The third kappa shape index (κ3) is 17.0. The summed E-state index contributed by atoms with van der Waals surface area (Å²) in [5.41, 5.74) is 10.3. The number of imidazole rings is 2. The van der Waals surface area contributed by atoms with Gasteiger partial charge in [-0.2, -0.15) is 0 Å². The van der Waals surface area contributed by atoms with Crippen molar-refractivity contribution in [3.8, 4) is 34.3 Å². The van der Waals surface area contributed by atoms with E-state index in [4.69, 9.17) is 38.2 Å². The van der Waals surface area contributed by atoms with Gasteiger partial charge in [-0.1, -0.05) is 149 Å². The largest absolute Gasteiger partial charge is 0.469 e. The summed E-state index contributed by atoms with van der Waals surface area (Å²) in [6.45, 7) is 17.9. The normalized spacial score (nSPS) is 13.5. The summed E-state index contributed by atoms with van der Waals surface area (Å²) in [5, 5.41) is 0. The Morgan fingerprint density at radius 3 is 1.05 bits per heavy atom. The third-order valence-corrected chi connectivity index (χ3v) is 20.1. The molecule has 22 nitrogen and oxygen atoms in total. The van der Waals surface area contributed by atoms with Gasteiger partial charge in [0.25, 0.3) is 0 Å². The Labute approximate surface area is 628 Å². The van der Waals surface area contributed by atoms with Gasteiger partial charge in [0.2, 0.25) is 23.6 Å². The Morgan fingerprint density at radius 2 is 0.713 bits per heavy atom. The molecule has 4 amide bonds. The molecule has 0 N–H and O–H groups in total. The molecule has 2 aliphatic rings. The molecule has 0 unspecified atom stereocenters. The lowest BCUT2D eigenvalue weighted by molar-refractivity contribution is -0.132. The maximum atomic E-state index is 13.8. The van der Waals surface area contributed by atoms with Crippen molar-refractivity contribution in [1.29, 1.82) is 0 Å². The summed E-state index contributed by atoms with van der Waals surface area (Å²) in [7, 11) is 6.52. The SMILES string of the molecule is CC1=C(C)C(=O)C(C(C)(C)CC(=O)N(C)CCN(C)C(=O)Oc2c(Cc3ccco3)nc3c(Cc4ccccc4)nc(-c4ccccc4)cn23)=C(C)C1=O.CC1=C(C)C(=O)C(C(C)(C)CC(=O)N(C)CCN(C)C(=O)Oc2c(Cc3ccco3)nc3c(Cc4ccccc4)nc(-c4ccccc4)cn23)=C(C)C1=O. The number of furan rings is 2. The minimum atomic E-state index is -0.880. The van der Waals surface area contributed by atoms with Gasteiger partial charge in [-0.15, -0.1) is 0 Å². The Balaban J connectivity index is 0.000000215. The molecule has 2 aliphatic carbocycles. The third-order valence-electron chi connectivity index (χ3n) is 20.1. The first-order chi connectivity index (χ1) is 51.5. The number of likely N-dealkylation sites (N-methyl/N-ethyl adjacent to an activating group) is 4. The van der Waals surface area contributed by atoms with Crippen LogP contribution in [-0.4, -0.2) is 150 Å². The molecule has 6 heterocycles. The van der Waals surface area contributed by atoms with Crippen LogP contribution in [0.15, 0.2) is 224 Å². The van der Waals surface area contributed by atoms with Crippen LogP contribution < -0.4 is 9.47 Å². The van der Waals surface area contributed by atoms with Crippen molar-refractivity contribution in [1.82, 2.24) is 48.3 Å². The van der Waals surface area contributed by atoms with Crippen molar-refractivity contribution in [3.05, 3.63) is 261 Å². The average molecular weight is 1460 g/mol. The first-order valence-electron chi connectivity index (χ1n) is 35.9. The van der Waals surface area contributed by atoms with Crippen molar-refractivity contribution < 1.29 is 56.7 Å². The zero-order valence-electron chi connectivity index (χ0n) is 63.6. The fourth-order valence-corrected chi connectivity index (χ4v) is 13.6. The Bertz CT molecular complexity index is 4890. The van der Waals surface area contributed by atoms with Crippen molar-refractivity contribution in [3.63, 3.8) is 0 Å². The molecule has 108 heavy (non-hydrogen) atoms. The van der Waals surface area contributed by atoms with E-state index in [0.29, 0.717) is 114 Å². The van der Waals surface area contributed by atoms with E-state index in [2.05, 4.69) is 0 Å². The van der Waals surface area contributed by atoms with Crippen molar-refractivity contribution in [2.45, 2.75) is 108 Å². The standard InChI is InChI=1S/2C43H45N5O6/c2*1-27-28(2)39(51)37(29(3)38(27)50)43(4,5)25-36(49)46(6)20-21-47(7)42(52)54-41-34(24-32-19-14-22-53-32)45-40-33(23-30-15-10-8-11-16-30)44-35(26-48(40)41)31-17-12-9-13-18-31/h2*8-19,22,26H,20-21,23-25H2,1-7H3. The number of carbonyl (C=O) groups is 8.